The molecule has 0 aliphatic heterocycles. The van der Waals surface area contributed by atoms with Crippen LogP contribution in [0.5, 0.6) is 0 Å². The van der Waals surface area contributed by atoms with E-state index in [-0.39, 0.29) is 0 Å². The summed E-state index contributed by atoms with van der Waals surface area (Å²) in [4.78, 5) is 19.3. The Morgan fingerprint density at radius 2 is 1.36 bits per heavy atom. The van der Waals surface area contributed by atoms with Gasteiger partial charge >= 0.3 is 0 Å². The van der Waals surface area contributed by atoms with Gasteiger partial charge in [0.1, 0.15) is 5.82 Å². The van der Waals surface area contributed by atoms with Gasteiger partial charge in [-0.3, -0.25) is 14.9 Å². The van der Waals surface area contributed by atoms with Gasteiger partial charge in [-0.15, -0.1) is 0 Å². The molecule has 0 bridgehead atoms. The standard InChI is InChI=1S/C20H19N5/c1-2-10-19-18(9-1)23-20(24-19)15-25(13-16-7-3-5-11-21-16)14-17-8-4-6-12-22-17/h1-12H,13-15H2,(H,23,24). The summed E-state index contributed by atoms with van der Waals surface area (Å²) >= 11 is 0. The molecule has 0 spiro atoms. The van der Waals surface area contributed by atoms with Crippen LogP contribution in [0, 0.1) is 0 Å². The minimum atomic E-state index is 0.710. The van der Waals surface area contributed by atoms with Gasteiger partial charge in [0.05, 0.1) is 29.0 Å². The summed E-state index contributed by atoms with van der Waals surface area (Å²) in [6.45, 7) is 2.20. The lowest BCUT2D eigenvalue weighted by atomic mass is 10.3. The predicted octanol–water partition coefficient (Wildman–Crippen LogP) is 3.56. The van der Waals surface area contributed by atoms with E-state index < -0.39 is 0 Å². The van der Waals surface area contributed by atoms with E-state index in [2.05, 4.69) is 19.9 Å². The smallest absolute Gasteiger partial charge is 0.121 e. The molecular weight excluding hydrogens is 310 g/mol. The van der Waals surface area contributed by atoms with E-state index >= 15 is 0 Å². The molecule has 5 heteroatoms. The molecule has 25 heavy (non-hydrogen) atoms. The Morgan fingerprint density at radius 1 is 0.720 bits per heavy atom. The molecule has 3 heterocycles. The number of aromatic nitrogens is 4. The van der Waals surface area contributed by atoms with Crippen molar-refractivity contribution >= 4 is 11.0 Å². The predicted molar refractivity (Wildman–Crippen MR) is 97.5 cm³/mol. The summed E-state index contributed by atoms with van der Waals surface area (Å²) in [6.07, 6.45) is 3.66. The lowest BCUT2D eigenvalue weighted by molar-refractivity contribution is 0.236. The first-order valence-electron chi connectivity index (χ1n) is 8.32. The van der Waals surface area contributed by atoms with Gasteiger partial charge in [-0.2, -0.15) is 0 Å². The molecule has 1 N–H and O–H groups in total. The third-order valence-electron chi connectivity index (χ3n) is 4.04. The molecule has 0 fully saturated rings. The summed E-state index contributed by atoms with van der Waals surface area (Å²) in [5, 5.41) is 0. The highest BCUT2D eigenvalue weighted by atomic mass is 15.2. The summed E-state index contributed by atoms with van der Waals surface area (Å²) in [7, 11) is 0. The molecule has 0 aliphatic rings. The van der Waals surface area contributed by atoms with Gasteiger partial charge in [-0.05, 0) is 36.4 Å². The number of nitrogens with zero attached hydrogens (tertiary/aromatic N) is 4. The van der Waals surface area contributed by atoms with Gasteiger partial charge in [0.2, 0.25) is 0 Å². The number of nitrogens with one attached hydrogen (secondary N) is 1. The monoisotopic (exact) mass is 329 g/mol. The number of para-hydroxylation sites is 2. The third kappa shape index (κ3) is 3.89. The second kappa shape index (κ2) is 7.23. The number of hydrogen-bond acceptors (Lipinski definition) is 4. The van der Waals surface area contributed by atoms with Crippen LogP contribution in [0.15, 0.2) is 73.1 Å². The van der Waals surface area contributed by atoms with E-state index in [1.165, 1.54) is 0 Å². The van der Waals surface area contributed by atoms with Crippen molar-refractivity contribution in [2.45, 2.75) is 19.6 Å². The zero-order valence-electron chi connectivity index (χ0n) is 13.8. The van der Waals surface area contributed by atoms with Gasteiger partial charge < -0.3 is 4.98 Å². The Kier molecular flexibility index (Phi) is 4.48. The van der Waals surface area contributed by atoms with Crippen molar-refractivity contribution in [3.63, 3.8) is 0 Å². The second-order valence-corrected chi connectivity index (χ2v) is 5.99. The van der Waals surface area contributed by atoms with Crippen LogP contribution in [0.3, 0.4) is 0 Å². The van der Waals surface area contributed by atoms with Crippen molar-refractivity contribution in [1.29, 1.82) is 0 Å². The molecule has 124 valence electrons. The van der Waals surface area contributed by atoms with Crippen LogP contribution < -0.4 is 0 Å². The van der Waals surface area contributed by atoms with Gasteiger partial charge in [0.25, 0.3) is 0 Å². The molecule has 3 aromatic heterocycles. The fourth-order valence-electron chi connectivity index (χ4n) is 2.90. The van der Waals surface area contributed by atoms with Crippen molar-refractivity contribution in [2.24, 2.45) is 0 Å². The highest BCUT2D eigenvalue weighted by Gasteiger charge is 2.12. The number of pyridine rings is 2. The number of fused-ring (bicyclic) bond motifs is 1. The van der Waals surface area contributed by atoms with E-state index in [1.54, 1.807) is 0 Å². The lowest BCUT2D eigenvalue weighted by Crippen LogP contribution is -2.24. The Labute approximate surface area is 146 Å². The van der Waals surface area contributed by atoms with E-state index in [1.807, 2.05) is 73.1 Å². The first-order chi connectivity index (χ1) is 12.4. The Bertz CT molecular complexity index is 859. The normalized spacial score (nSPS) is 11.2. The van der Waals surface area contributed by atoms with Gasteiger partial charge in [-0.1, -0.05) is 24.3 Å². The Balaban J connectivity index is 1.57. The van der Waals surface area contributed by atoms with Crippen molar-refractivity contribution in [3.05, 3.63) is 90.3 Å². The molecule has 0 saturated heterocycles. The minimum Gasteiger partial charge on any atom is -0.341 e. The summed E-state index contributed by atoms with van der Waals surface area (Å²) in [5.41, 5.74) is 4.13. The maximum atomic E-state index is 4.70. The second-order valence-electron chi connectivity index (χ2n) is 5.99. The molecule has 4 aromatic rings. The summed E-state index contributed by atoms with van der Waals surface area (Å²) < 4.78 is 0. The first-order valence-corrected chi connectivity index (χ1v) is 8.32. The van der Waals surface area contributed by atoms with Crippen LogP contribution >= 0.6 is 0 Å². The molecule has 0 saturated carbocycles. The fraction of sp³-hybridized carbons (Fsp3) is 0.150. The van der Waals surface area contributed by atoms with Crippen LogP contribution in [0.2, 0.25) is 0 Å². The van der Waals surface area contributed by atoms with Crippen molar-refractivity contribution in [3.8, 4) is 0 Å². The average Bonchev–Trinajstić information content (AvgIpc) is 3.05. The van der Waals surface area contributed by atoms with Crippen molar-refractivity contribution in [1.82, 2.24) is 24.8 Å². The number of benzene rings is 1. The number of imidazole rings is 1. The fourth-order valence-corrected chi connectivity index (χ4v) is 2.90. The third-order valence-corrected chi connectivity index (χ3v) is 4.04. The maximum Gasteiger partial charge on any atom is 0.121 e. The molecule has 0 atom stereocenters. The zero-order valence-corrected chi connectivity index (χ0v) is 13.8. The first kappa shape index (κ1) is 15.5. The van der Waals surface area contributed by atoms with Crippen LogP contribution in [-0.2, 0) is 19.6 Å². The number of hydrogen-bond donors (Lipinski definition) is 1. The van der Waals surface area contributed by atoms with E-state index in [9.17, 15) is 0 Å². The Morgan fingerprint density at radius 3 is 1.96 bits per heavy atom. The van der Waals surface area contributed by atoms with Crippen molar-refractivity contribution in [2.75, 3.05) is 0 Å². The van der Waals surface area contributed by atoms with Crippen LogP contribution in [0.4, 0.5) is 0 Å². The average molecular weight is 329 g/mol. The molecule has 5 nitrogen and oxygen atoms in total. The maximum absolute atomic E-state index is 4.70. The van der Waals surface area contributed by atoms with E-state index in [0.717, 1.165) is 41.3 Å². The number of rotatable bonds is 6. The quantitative estimate of drug-likeness (QED) is 0.588. The van der Waals surface area contributed by atoms with Crippen LogP contribution in [-0.4, -0.2) is 24.8 Å². The van der Waals surface area contributed by atoms with E-state index in [4.69, 9.17) is 4.98 Å². The highest BCUT2D eigenvalue weighted by Crippen LogP contribution is 2.14. The largest absolute Gasteiger partial charge is 0.341 e. The van der Waals surface area contributed by atoms with Crippen LogP contribution in [0.1, 0.15) is 17.2 Å². The summed E-state index contributed by atoms with van der Waals surface area (Å²) in [5.74, 6) is 0.952. The number of aromatic amines is 1. The van der Waals surface area contributed by atoms with Gasteiger partial charge in [-0.25, -0.2) is 4.98 Å². The molecular formula is C20H19N5. The van der Waals surface area contributed by atoms with Crippen LogP contribution in [0.25, 0.3) is 11.0 Å². The number of H-pyrrole nitrogens is 1. The summed E-state index contributed by atoms with van der Waals surface area (Å²) in [6, 6.07) is 20.1. The molecule has 1 aromatic carbocycles. The lowest BCUT2D eigenvalue weighted by Gasteiger charge is -2.20. The molecule has 4 rings (SSSR count). The SMILES string of the molecule is c1ccc(CN(Cc2ccccn2)Cc2nc3ccccc3[nH]2)nc1. The minimum absolute atomic E-state index is 0.710. The van der Waals surface area contributed by atoms with Gasteiger partial charge in [0.15, 0.2) is 0 Å². The zero-order chi connectivity index (χ0) is 16.9. The molecule has 0 amide bonds. The molecule has 0 radical (unpaired) electrons. The topological polar surface area (TPSA) is 57.7 Å². The molecule has 0 aliphatic carbocycles. The molecule has 0 unspecified atom stereocenters. The highest BCUT2D eigenvalue weighted by molar-refractivity contribution is 5.74. The van der Waals surface area contributed by atoms with E-state index in [0.29, 0.717) is 6.54 Å². The van der Waals surface area contributed by atoms with Gasteiger partial charge in [0, 0.05) is 25.5 Å². The van der Waals surface area contributed by atoms with Crippen molar-refractivity contribution < 1.29 is 0 Å². The Hall–Kier alpha value is -3.05.